The van der Waals surface area contributed by atoms with E-state index in [1.807, 2.05) is 6.92 Å². The van der Waals surface area contributed by atoms with Crippen molar-refractivity contribution < 1.29 is 4.74 Å². The van der Waals surface area contributed by atoms with E-state index in [4.69, 9.17) is 4.74 Å². The Morgan fingerprint density at radius 3 is 3.00 bits per heavy atom. The van der Waals surface area contributed by atoms with Crippen molar-refractivity contribution in [2.75, 3.05) is 13.2 Å². The lowest BCUT2D eigenvalue weighted by molar-refractivity contribution is -0.00964. The molecular formula is C6H11N5O. The summed E-state index contributed by atoms with van der Waals surface area (Å²) in [5.41, 5.74) is 0. The van der Waals surface area contributed by atoms with Gasteiger partial charge in [0.15, 0.2) is 5.82 Å². The summed E-state index contributed by atoms with van der Waals surface area (Å²) >= 11 is 0. The maximum Gasteiger partial charge on any atom is 0.191 e. The molecule has 1 fully saturated rings. The van der Waals surface area contributed by atoms with E-state index in [1.54, 1.807) is 0 Å². The van der Waals surface area contributed by atoms with E-state index in [0.29, 0.717) is 11.9 Å². The Bertz CT molecular complexity index is 232. The molecule has 12 heavy (non-hydrogen) atoms. The van der Waals surface area contributed by atoms with Gasteiger partial charge in [-0.3, -0.25) is 0 Å². The van der Waals surface area contributed by atoms with E-state index in [0.717, 1.165) is 13.2 Å². The summed E-state index contributed by atoms with van der Waals surface area (Å²) in [5.74, 6) is 0.696. The molecule has 6 heteroatoms. The van der Waals surface area contributed by atoms with Crippen LogP contribution in [0.4, 0.5) is 0 Å². The van der Waals surface area contributed by atoms with Crippen LogP contribution in [0.5, 0.6) is 0 Å². The molecule has 0 radical (unpaired) electrons. The molecule has 6 nitrogen and oxygen atoms in total. The Labute approximate surface area is 69.7 Å². The Morgan fingerprint density at radius 1 is 1.67 bits per heavy atom. The SMILES string of the molecule is CC(NC1COC1)c1nn[nH]n1. The molecule has 1 aromatic heterocycles. The molecular weight excluding hydrogens is 158 g/mol. The molecule has 1 aliphatic rings. The largest absolute Gasteiger partial charge is 0.378 e. The number of nitrogens with zero attached hydrogens (tertiary/aromatic N) is 3. The van der Waals surface area contributed by atoms with Crippen molar-refractivity contribution in [1.82, 2.24) is 25.9 Å². The fourth-order valence-corrected chi connectivity index (χ4v) is 1.11. The van der Waals surface area contributed by atoms with Crippen LogP contribution in [0.3, 0.4) is 0 Å². The fraction of sp³-hybridized carbons (Fsp3) is 0.833. The molecule has 66 valence electrons. The Kier molecular flexibility index (Phi) is 2.01. The number of hydrogen-bond acceptors (Lipinski definition) is 5. The minimum Gasteiger partial charge on any atom is -0.378 e. The van der Waals surface area contributed by atoms with Gasteiger partial charge in [0.05, 0.1) is 25.3 Å². The van der Waals surface area contributed by atoms with E-state index in [9.17, 15) is 0 Å². The number of aromatic amines is 1. The third-order valence-corrected chi connectivity index (χ3v) is 1.87. The maximum atomic E-state index is 5.03. The summed E-state index contributed by atoms with van der Waals surface area (Å²) in [6.07, 6.45) is 0. The van der Waals surface area contributed by atoms with Crippen molar-refractivity contribution in [1.29, 1.82) is 0 Å². The lowest BCUT2D eigenvalue weighted by atomic mass is 10.2. The summed E-state index contributed by atoms with van der Waals surface area (Å²) < 4.78 is 5.03. The molecule has 0 amide bonds. The molecule has 2 N–H and O–H groups in total. The van der Waals surface area contributed by atoms with Crippen LogP contribution in [0.2, 0.25) is 0 Å². The van der Waals surface area contributed by atoms with Gasteiger partial charge in [0.25, 0.3) is 0 Å². The minimum absolute atomic E-state index is 0.137. The van der Waals surface area contributed by atoms with Crippen molar-refractivity contribution in [3.8, 4) is 0 Å². The van der Waals surface area contributed by atoms with Gasteiger partial charge in [-0.25, -0.2) is 0 Å². The lowest BCUT2D eigenvalue weighted by Crippen LogP contribution is -2.47. The zero-order valence-corrected chi connectivity index (χ0v) is 6.82. The number of rotatable bonds is 3. The zero-order chi connectivity index (χ0) is 8.39. The van der Waals surface area contributed by atoms with Crippen molar-refractivity contribution in [2.24, 2.45) is 0 Å². The third-order valence-electron chi connectivity index (χ3n) is 1.87. The number of nitrogens with one attached hydrogen (secondary N) is 2. The van der Waals surface area contributed by atoms with E-state index in [-0.39, 0.29) is 6.04 Å². The molecule has 2 rings (SSSR count). The van der Waals surface area contributed by atoms with Gasteiger partial charge in [0.1, 0.15) is 0 Å². The molecule has 1 aromatic rings. The minimum atomic E-state index is 0.137. The van der Waals surface area contributed by atoms with Gasteiger partial charge < -0.3 is 10.1 Å². The Balaban J connectivity index is 1.87. The first kappa shape index (κ1) is 7.63. The highest BCUT2D eigenvalue weighted by molar-refractivity contribution is 4.89. The number of hydrogen-bond donors (Lipinski definition) is 2. The second-order valence-electron chi connectivity index (χ2n) is 2.89. The van der Waals surface area contributed by atoms with E-state index < -0.39 is 0 Å². The van der Waals surface area contributed by atoms with Crippen LogP contribution in [0.25, 0.3) is 0 Å². The highest BCUT2D eigenvalue weighted by Gasteiger charge is 2.21. The van der Waals surface area contributed by atoms with Gasteiger partial charge in [0, 0.05) is 0 Å². The first-order valence-corrected chi connectivity index (χ1v) is 3.93. The summed E-state index contributed by atoms with van der Waals surface area (Å²) in [6, 6.07) is 0.580. The highest BCUT2D eigenvalue weighted by Crippen LogP contribution is 2.08. The number of H-pyrrole nitrogens is 1. The molecule has 0 bridgehead atoms. The molecule has 0 aromatic carbocycles. The average Bonchev–Trinajstić information content (AvgIpc) is 2.47. The van der Waals surface area contributed by atoms with Gasteiger partial charge in [-0.05, 0) is 6.92 Å². The summed E-state index contributed by atoms with van der Waals surface area (Å²) in [5, 5.41) is 17.0. The summed E-state index contributed by atoms with van der Waals surface area (Å²) in [7, 11) is 0. The number of ether oxygens (including phenoxy) is 1. The monoisotopic (exact) mass is 169 g/mol. The maximum absolute atomic E-state index is 5.03. The smallest absolute Gasteiger partial charge is 0.191 e. The van der Waals surface area contributed by atoms with Crippen molar-refractivity contribution in [3.63, 3.8) is 0 Å². The molecule has 1 aliphatic heterocycles. The van der Waals surface area contributed by atoms with Crippen LogP contribution >= 0.6 is 0 Å². The zero-order valence-electron chi connectivity index (χ0n) is 6.82. The van der Waals surface area contributed by atoms with E-state index >= 15 is 0 Å². The second-order valence-corrected chi connectivity index (χ2v) is 2.89. The van der Waals surface area contributed by atoms with Gasteiger partial charge >= 0.3 is 0 Å². The van der Waals surface area contributed by atoms with Crippen molar-refractivity contribution in [3.05, 3.63) is 5.82 Å². The molecule has 0 saturated carbocycles. The normalized spacial score (nSPS) is 20.4. The predicted octanol–water partition coefficient (Wildman–Crippen LogP) is -0.751. The molecule has 2 heterocycles. The summed E-state index contributed by atoms with van der Waals surface area (Å²) in [4.78, 5) is 0. The van der Waals surface area contributed by atoms with Crippen LogP contribution < -0.4 is 5.32 Å². The number of tetrazole rings is 1. The first-order valence-electron chi connectivity index (χ1n) is 3.93. The summed E-state index contributed by atoms with van der Waals surface area (Å²) in [6.45, 7) is 3.56. The van der Waals surface area contributed by atoms with Crippen LogP contribution in [-0.2, 0) is 4.74 Å². The average molecular weight is 169 g/mol. The Hall–Kier alpha value is -1.01. The standard InChI is InChI=1S/C6H11N5O/c1-4(6-8-10-11-9-6)7-5-2-12-3-5/h4-5,7H,2-3H2,1H3,(H,8,9,10,11). The van der Waals surface area contributed by atoms with Gasteiger partial charge in [0.2, 0.25) is 0 Å². The van der Waals surface area contributed by atoms with Crippen LogP contribution in [0, 0.1) is 0 Å². The second kappa shape index (κ2) is 3.16. The van der Waals surface area contributed by atoms with E-state index in [2.05, 4.69) is 25.9 Å². The van der Waals surface area contributed by atoms with Crippen molar-refractivity contribution in [2.45, 2.75) is 19.0 Å². The quantitative estimate of drug-likeness (QED) is 0.622. The molecule has 1 unspecified atom stereocenters. The first-order chi connectivity index (χ1) is 5.86. The van der Waals surface area contributed by atoms with Gasteiger partial charge in [-0.2, -0.15) is 5.21 Å². The lowest BCUT2D eigenvalue weighted by Gasteiger charge is -2.28. The van der Waals surface area contributed by atoms with Crippen molar-refractivity contribution >= 4 is 0 Å². The topological polar surface area (TPSA) is 75.7 Å². The fourth-order valence-electron chi connectivity index (χ4n) is 1.11. The molecule has 0 spiro atoms. The molecule has 1 saturated heterocycles. The highest BCUT2D eigenvalue weighted by atomic mass is 16.5. The third kappa shape index (κ3) is 1.44. The Morgan fingerprint density at radius 2 is 2.50 bits per heavy atom. The van der Waals surface area contributed by atoms with Gasteiger partial charge in [-0.1, -0.05) is 5.21 Å². The van der Waals surface area contributed by atoms with Crippen LogP contribution in [0.1, 0.15) is 18.8 Å². The van der Waals surface area contributed by atoms with Crippen LogP contribution in [0.15, 0.2) is 0 Å². The van der Waals surface area contributed by atoms with E-state index in [1.165, 1.54) is 0 Å². The molecule has 0 aliphatic carbocycles. The molecule has 1 atom stereocenters. The predicted molar refractivity (Wildman–Crippen MR) is 40.3 cm³/mol. The van der Waals surface area contributed by atoms with Gasteiger partial charge in [-0.15, -0.1) is 10.2 Å². The number of aromatic nitrogens is 4. The van der Waals surface area contributed by atoms with Crippen LogP contribution in [-0.4, -0.2) is 39.9 Å².